The van der Waals surface area contributed by atoms with Crippen molar-refractivity contribution in [1.82, 2.24) is 5.32 Å². The molecule has 1 heterocycles. The molecule has 1 aliphatic carbocycles. The maximum atomic E-state index is 6.06. The third kappa shape index (κ3) is 6.14. The van der Waals surface area contributed by atoms with E-state index in [0.29, 0.717) is 12.0 Å². The fraction of sp³-hybridized carbons (Fsp3) is 0.688. The Morgan fingerprint density at radius 2 is 2.00 bits per heavy atom. The number of nitrogens with one attached hydrogen (secondary N) is 1. The van der Waals surface area contributed by atoms with Crippen LogP contribution < -0.4 is 11.1 Å². The molecule has 0 aromatic carbocycles. The second-order valence-electron chi connectivity index (χ2n) is 6.40. The Balaban J connectivity index is 0.00000220. The van der Waals surface area contributed by atoms with Crippen molar-refractivity contribution >= 4 is 41.3 Å². The smallest absolute Gasteiger partial charge is 0.188 e. The number of aliphatic imine (C=N–C) groups is 1. The van der Waals surface area contributed by atoms with Crippen LogP contribution in [-0.4, -0.2) is 18.5 Å². The van der Waals surface area contributed by atoms with Gasteiger partial charge < -0.3 is 11.1 Å². The van der Waals surface area contributed by atoms with Crippen LogP contribution >= 0.6 is 35.3 Å². The highest BCUT2D eigenvalue weighted by Crippen LogP contribution is 2.27. The second-order valence-corrected chi connectivity index (χ2v) is 7.34. The van der Waals surface area contributed by atoms with Gasteiger partial charge in [-0.05, 0) is 24.3 Å². The number of hydrogen-bond donors (Lipinski definition) is 2. The number of nitrogens with zero attached hydrogens (tertiary/aromatic N) is 1. The van der Waals surface area contributed by atoms with Gasteiger partial charge in [0.25, 0.3) is 0 Å². The molecule has 0 spiro atoms. The van der Waals surface area contributed by atoms with Gasteiger partial charge in [0.1, 0.15) is 0 Å². The molecule has 5 heteroatoms. The summed E-state index contributed by atoms with van der Waals surface area (Å²) in [4.78, 5) is 5.93. The average molecular weight is 421 g/mol. The molecule has 1 fully saturated rings. The van der Waals surface area contributed by atoms with Gasteiger partial charge in [-0.25, -0.2) is 0 Å². The fourth-order valence-electron chi connectivity index (χ4n) is 2.70. The van der Waals surface area contributed by atoms with Crippen LogP contribution in [-0.2, 0) is 5.41 Å². The van der Waals surface area contributed by atoms with Gasteiger partial charge in [-0.2, -0.15) is 0 Å². The molecule has 0 atom stereocenters. The highest BCUT2D eigenvalue weighted by molar-refractivity contribution is 14.0. The highest BCUT2D eigenvalue weighted by Gasteiger charge is 2.21. The first-order valence-corrected chi connectivity index (χ1v) is 8.56. The van der Waals surface area contributed by atoms with Crippen molar-refractivity contribution in [3.63, 3.8) is 0 Å². The van der Waals surface area contributed by atoms with E-state index in [2.05, 4.69) is 41.7 Å². The molecule has 3 N–H and O–H groups in total. The molecule has 0 aliphatic heterocycles. The van der Waals surface area contributed by atoms with Crippen molar-refractivity contribution in [2.45, 2.75) is 63.8 Å². The Labute approximate surface area is 149 Å². The standard InChI is InChI=1S/C16H27N3S.HI/c1-16(2,14-10-7-11-20-14)12-18-15(17)19-13-8-5-3-4-6-9-13;/h7,10-11,13H,3-6,8-9,12H2,1-2H3,(H3,17,18,19);1H. The predicted molar refractivity (Wildman–Crippen MR) is 104 cm³/mol. The monoisotopic (exact) mass is 421 g/mol. The predicted octanol–water partition coefficient (Wildman–Crippen LogP) is 4.27. The van der Waals surface area contributed by atoms with Gasteiger partial charge in [0, 0.05) is 16.3 Å². The molecule has 21 heavy (non-hydrogen) atoms. The van der Waals surface area contributed by atoms with Crippen LogP contribution in [0.2, 0.25) is 0 Å². The Bertz CT molecular complexity index is 421. The number of rotatable bonds is 4. The molecule has 3 nitrogen and oxygen atoms in total. The quantitative estimate of drug-likeness (QED) is 0.330. The molecule has 0 amide bonds. The molecule has 0 radical (unpaired) electrons. The molecule has 120 valence electrons. The largest absolute Gasteiger partial charge is 0.370 e. The van der Waals surface area contributed by atoms with Crippen LogP contribution in [0.4, 0.5) is 0 Å². The summed E-state index contributed by atoms with van der Waals surface area (Å²) in [6.45, 7) is 5.18. The highest BCUT2D eigenvalue weighted by atomic mass is 127. The minimum atomic E-state index is 0. The molecule has 0 unspecified atom stereocenters. The van der Waals surface area contributed by atoms with E-state index in [4.69, 9.17) is 5.73 Å². The van der Waals surface area contributed by atoms with E-state index in [1.807, 2.05) is 0 Å². The van der Waals surface area contributed by atoms with Gasteiger partial charge in [-0.1, -0.05) is 45.6 Å². The number of guanidine groups is 1. The van der Waals surface area contributed by atoms with Gasteiger partial charge in [0.15, 0.2) is 5.96 Å². The first kappa shape index (κ1) is 18.7. The van der Waals surface area contributed by atoms with Crippen molar-refractivity contribution in [3.05, 3.63) is 22.4 Å². The molecule has 1 aromatic heterocycles. The van der Waals surface area contributed by atoms with Gasteiger partial charge >= 0.3 is 0 Å². The minimum absolute atomic E-state index is 0. The zero-order chi connectivity index (χ0) is 14.4. The molecule has 2 rings (SSSR count). The molecule has 1 aliphatic rings. The zero-order valence-corrected chi connectivity index (χ0v) is 16.2. The van der Waals surface area contributed by atoms with E-state index < -0.39 is 0 Å². The summed E-state index contributed by atoms with van der Waals surface area (Å²) < 4.78 is 0. The van der Waals surface area contributed by atoms with E-state index in [1.165, 1.54) is 43.4 Å². The van der Waals surface area contributed by atoms with E-state index in [1.54, 1.807) is 11.3 Å². The summed E-state index contributed by atoms with van der Waals surface area (Å²) in [6.07, 6.45) is 7.80. The third-order valence-electron chi connectivity index (χ3n) is 4.04. The lowest BCUT2D eigenvalue weighted by Crippen LogP contribution is -2.40. The Morgan fingerprint density at radius 3 is 2.57 bits per heavy atom. The van der Waals surface area contributed by atoms with E-state index in [9.17, 15) is 0 Å². The third-order valence-corrected chi connectivity index (χ3v) is 5.28. The van der Waals surface area contributed by atoms with Crippen LogP contribution in [0, 0.1) is 0 Å². The van der Waals surface area contributed by atoms with Crippen LogP contribution in [0.15, 0.2) is 22.5 Å². The van der Waals surface area contributed by atoms with Crippen molar-refractivity contribution in [1.29, 1.82) is 0 Å². The van der Waals surface area contributed by atoms with Crippen molar-refractivity contribution in [2.75, 3.05) is 6.54 Å². The Morgan fingerprint density at radius 1 is 1.33 bits per heavy atom. The summed E-state index contributed by atoms with van der Waals surface area (Å²) in [6, 6.07) is 4.79. The summed E-state index contributed by atoms with van der Waals surface area (Å²) in [5.74, 6) is 0.613. The second kappa shape index (κ2) is 8.98. The van der Waals surface area contributed by atoms with Crippen LogP contribution in [0.25, 0.3) is 0 Å². The molecular formula is C16H28IN3S. The van der Waals surface area contributed by atoms with Gasteiger partial charge in [0.2, 0.25) is 0 Å². The average Bonchev–Trinajstić information content (AvgIpc) is 2.85. The van der Waals surface area contributed by atoms with Gasteiger partial charge in [0.05, 0.1) is 6.54 Å². The van der Waals surface area contributed by atoms with Crippen molar-refractivity contribution in [2.24, 2.45) is 10.7 Å². The number of halogens is 1. The van der Waals surface area contributed by atoms with Crippen LogP contribution in [0.1, 0.15) is 57.2 Å². The van der Waals surface area contributed by atoms with Crippen LogP contribution in [0.3, 0.4) is 0 Å². The molecule has 1 saturated carbocycles. The van der Waals surface area contributed by atoms with Crippen molar-refractivity contribution < 1.29 is 0 Å². The Hall–Kier alpha value is -0.300. The lowest BCUT2D eigenvalue weighted by Gasteiger charge is -2.22. The molecule has 1 aromatic rings. The van der Waals surface area contributed by atoms with E-state index in [-0.39, 0.29) is 29.4 Å². The SMILES string of the molecule is CC(C)(CN=C(N)NC1CCCCCC1)c1cccs1.I. The number of hydrogen-bond acceptors (Lipinski definition) is 2. The lowest BCUT2D eigenvalue weighted by atomic mass is 9.92. The maximum Gasteiger partial charge on any atom is 0.188 e. The Kier molecular flexibility index (Phi) is 8.02. The van der Waals surface area contributed by atoms with Crippen molar-refractivity contribution in [3.8, 4) is 0 Å². The molecule has 0 saturated heterocycles. The zero-order valence-electron chi connectivity index (χ0n) is 13.1. The fourth-order valence-corrected chi connectivity index (χ4v) is 3.55. The summed E-state index contributed by atoms with van der Waals surface area (Å²) in [5.41, 5.74) is 6.12. The minimum Gasteiger partial charge on any atom is -0.370 e. The first-order chi connectivity index (χ1) is 9.58. The van der Waals surface area contributed by atoms with E-state index >= 15 is 0 Å². The summed E-state index contributed by atoms with van der Waals surface area (Å²) in [5, 5.41) is 5.53. The van der Waals surface area contributed by atoms with Gasteiger partial charge in [-0.3, -0.25) is 4.99 Å². The lowest BCUT2D eigenvalue weighted by molar-refractivity contribution is 0.521. The topological polar surface area (TPSA) is 50.4 Å². The summed E-state index contributed by atoms with van der Waals surface area (Å²) >= 11 is 1.79. The van der Waals surface area contributed by atoms with Gasteiger partial charge in [-0.15, -0.1) is 35.3 Å². The normalized spacial score (nSPS) is 17.9. The molecular weight excluding hydrogens is 393 g/mol. The first-order valence-electron chi connectivity index (χ1n) is 7.68. The number of thiophene rings is 1. The maximum absolute atomic E-state index is 6.06. The summed E-state index contributed by atoms with van der Waals surface area (Å²) in [7, 11) is 0. The van der Waals surface area contributed by atoms with Crippen LogP contribution in [0.5, 0.6) is 0 Å². The molecule has 0 bridgehead atoms. The van der Waals surface area contributed by atoms with E-state index in [0.717, 1.165) is 6.54 Å². The number of nitrogens with two attached hydrogens (primary N) is 1.